The molecule has 0 aromatic heterocycles. The molecule has 1 unspecified atom stereocenters. The Morgan fingerprint density at radius 1 is 1.56 bits per heavy atom. The van der Waals surface area contributed by atoms with E-state index >= 15 is 0 Å². The van der Waals surface area contributed by atoms with E-state index in [0.29, 0.717) is 12.3 Å². The Balaban J connectivity index is 2.49. The van der Waals surface area contributed by atoms with Crippen LogP contribution in [0.15, 0.2) is 0 Å². The molecule has 1 amide bonds. The molecule has 0 saturated carbocycles. The van der Waals surface area contributed by atoms with Crippen LogP contribution in [0.1, 0.15) is 26.7 Å². The van der Waals surface area contributed by atoms with Crippen LogP contribution in [-0.2, 0) is 14.4 Å². The lowest BCUT2D eigenvalue weighted by Crippen LogP contribution is -2.45. The van der Waals surface area contributed by atoms with Gasteiger partial charge in [0.25, 0.3) is 0 Å². The highest BCUT2D eigenvalue weighted by Gasteiger charge is 2.42. The first-order valence-corrected chi connectivity index (χ1v) is 6.44. The first-order valence-electron chi connectivity index (χ1n) is 5.45. The van der Waals surface area contributed by atoms with Crippen molar-refractivity contribution in [3.8, 4) is 0 Å². The van der Waals surface area contributed by atoms with Crippen molar-refractivity contribution in [2.75, 3.05) is 12.3 Å². The number of likely N-dealkylation sites (tertiary alicyclic amines) is 1. The fourth-order valence-electron chi connectivity index (χ4n) is 1.80. The Hall–Kier alpha value is -0.680. The Bertz CT molecular complexity index is 293. The van der Waals surface area contributed by atoms with Gasteiger partial charge in [-0.15, -0.1) is 0 Å². The summed E-state index contributed by atoms with van der Waals surface area (Å²) < 4.78 is 0. The van der Waals surface area contributed by atoms with Gasteiger partial charge in [-0.2, -0.15) is 0 Å². The van der Waals surface area contributed by atoms with Gasteiger partial charge in [0.05, 0.1) is 5.92 Å². The summed E-state index contributed by atoms with van der Waals surface area (Å²) in [6, 6.07) is -0.253. The molecule has 0 spiro atoms. The summed E-state index contributed by atoms with van der Waals surface area (Å²) in [5, 5.41) is 0.0213. The maximum Gasteiger partial charge on any atom is 0.365 e. The number of carbonyl (C=O) groups is 3. The van der Waals surface area contributed by atoms with Crippen LogP contribution in [0.25, 0.3) is 0 Å². The van der Waals surface area contributed by atoms with Crippen LogP contribution in [0.4, 0.5) is 0 Å². The molecule has 1 fully saturated rings. The Labute approximate surface area is 99.8 Å². The molecule has 1 rings (SSSR count). The second-order valence-electron chi connectivity index (χ2n) is 4.08. The number of thioether (sulfide) groups is 1. The lowest BCUT2D eigenvalue weighted by atomic mass is 10.1. The number of hydrogen-bond acceptors (Lipinski definition) is 4. The third kappa shape index (κ3) is 3.42. The highest BCUT2D eigenvalue weighted by molar-refractivity contribution is 8.13. The van der Waals surface area contributed by atoms with E-state index < -0.39 is 0 Å². The fraction of sp³-hybridized carbons (Fsp3) is 0.727. The molecule has 89 valence electrons. The molecule has 2 atom stereocenters. The lowest BCUT2D eigenvalue weighted by Gasteiger charge is -2.11. The molecule has 1 heterocycles. The largest absolute Gasteiger partial charge is 0.365 e. The van der Waals surface area contributed by atoms with Crippen LogP contribution in [0.3, 0.4) is 0 Å². The summed E-state index contributed by atoms with van der Waals surface area (Å²) in [6.07, 6.45) is 2.50. The zero-order valence-electron chi connectivity index (χ0n) is 9.64. The molecular formula is C11H17NO3S+. The van der Waals surface area contributed by atoms with E-state index in [0.717, 1.165) is 30.9 Å². The predicted octanol–water partition coefficient (Wildman–Crippen LogP) is 0.930. The van der Waals surface area contributed by atoms with Gasteiger partial charge in [-0.05, 0) is 6.92 Å². The molecule has 0 aromatic carbocycles. The minimum Gasteiger partial charge on any atom is -0.296 e. The highest BCUT2D eigenvalue weighted by atomic mass is 32.2. The van der Waals surface area contributed by atoms with Gasteiger partial charge in [-0.1, -0.05) is 16.7 Å². The molecule has 0 aromatic rings. The fourth-order valence-corrected chi connectivity index (χ4v) is 2.43. The number of carbonyl (C=O) groups excluding carboxylic acids is 3. The van der Waals surface area contributed by atoms with Crippen LogP contribution < -0.4 is 4.90 Å². The standard InChI is InChI=1S/C11H17NO3S/c1-8(7-16-9(2)14)11(15)12-5-3-4-10(12)6-13/h6,8,10H,3-5,7H2,1-2H3/q+1/t8?,10-/m0/s1. The second-order valence-corrected chi connectivity index (χ2v) is 5.28. The Kier molecular flexibility index (Phi) is 5.15. The van der Waals surface area contributed by atoms with Gasteiger partial charge in [0.15, 0.2) is 17.4 Å². The quantitative estimate of drug-likeness (QED) is 0.544. The smallest absolute Gasteiger partial charge is 0.296 e. The van der Waals surface area contributed by atoms with Crippen molar-refractivity contribution < 1.29 is 14.4 Å². The third-order valence-electron chi connectivity index (χ3n) is 2.70. The Morgan fingerprint density at radius 2 is 2.25 bits per heavy atom. The van der Waals surface area contributed by atoms with Crippen molar-refractivity contribution in [1.29, 1.82) is 0 Å². The first-order chi connectivity index (χ1) is 7.56. The molecule has 1 aliphatic heterocycles. The van der Waals surface area contributed by atoms with Crippen LogP contribution in [0.2, 0.25) is 0 Å². The highest BCUT2D eigenvalue weighted by Crippen LogP contribution is 2.18. The average Bonchev–Trinajstić information content (AvgIpc) is 2.72. The zero-order chi connectivity index (χ0) is 12.1. The third-order valence-corrected chi connectivity index (χ3v) is 3.77. The molecular weight excluding hydrogens is 226 g/mol. The van der Waals surface area contributed by atoms with E-state index in [2.05, 4.69) is 0 Å². The van der Waals surface area contributed by atoms with Crippen LogP contribution in [0.5, 0.6) is 0 Å². The summed E-state index contributed by atoms with van der Waals surface area (Å²) in [5.41, 5.74) is 0. The van der Waals surface area contributed by atoms with Gasteiger partial charge in [0.2, 0.25) is 0 Å². The van der Waals surface area contributed by atoms with E-state index in [1.54, 1.807) is 11.8 Å². The van der Waals surface area contributed by atoms with Crippen molar-refractivity contribution in [3.63, 3.8) is 0 Å². The predicted molar refractivity (Wildman–Crippen MR) is 63.4 cm³/mol. The van der Waals surface area contributed by atoms with E-state index in [-0.39, 0.29) is 23.0 Å². The minimum absolute atomic E-state index is 0.0108. The van der Waals surface area contributed by atoms with Crippen molar-refractivity contribution in [1.82, 2.24) is 4.90 Å². The molecule has 1 radical (unpaired) electrons. The lowest BCUT2D eigenvalue weighted by molar-refractivity contribution is -0.131. The van der Waals surface area contributed by atoms with E-state index in [1.807, 2.05) is 0 Å². The number of nitrogens with zero attached hydrogens (tertiary/aromatic N) is 1. The number of hydrogen-bond donors (Lipinski definition) is 0. The monoisotopic (exact) mass is 243 g/mol. The summed E-state index contributed by atoms with van der Waals surface area (Å²) in [6.45, 7) is 3.96. The van der Waals surface area contributed by atoms with Crippen molar-refractivity contribution in [3.05, 3.63) is 0 Å². The van der Waals surface area contributed by atoms with E-state index in [4.69, 9.17) is 0 Å². The van der Waals surface area contributed by atoms with Gasteiger partial charge in [-0.3, -0.25) is 9.59 Å². The molecule has 0 aliphatic carbocycles. The number of amides is 1. The molecule has 0 bridgehead atoms. The van der Waals surface area contributed by atoms with Gasteiger partial charge in [-0.25, -0.2) is 4.79 Å². The number of aldehydes is 1. The molecule has 0 N–H and O–H groups in total. The topological polar surface area (TPSA) is 57.1 Å². The van der Waals surface area contributed by atoms with Crippen molar-refractivity contribution in [2.45, 2.75) is 32.7 Å². The SMILES string of the molecule is CC(=O)SCC(C)C(=O)[N+]1CCC[C@H]1C=O. The molecule has 4 nitrogen and oxygen atoms in total. The summed E-state index contributed by atoms with van der Waals surface area (Å²) in [5.74, 6) is 0.286. The van der Waals surface area contributed by atoms with Gasteiger partial charge < -0.3 is 0 Å². The molecule has 16 heavy (non-hydrogen) atoms. The summed E-state index contributed by atoms with van der Waals surface area (Å²) in [7, 11) is 0. The van der Waals surface area contributed by atoms with Gasteiger partial charge in [0, 0.05) is 25.5 Å². The molecule has 1 aliphatic rings. The summed E-state index contributed by atoms with van der Waals surface area (Å²) >= 11 is 1.16. The van der Waals surface area contributed by atoms with E-state index in [1.165, 1.54) is 6.92 Å². The van der Waals surface area contributed by atoms with Crippen molar-refractivity contribution >= 4 is 29.1 Å². The first kappa shape index (κ1) is 13.4. The average molecular weight is 243 g/mol. The van der Waals surface area contributed by atoms with Crippen LogP contribution in [0, 0.1) is 5.92 Å². The zero-order valence-corrected chi connectivity index (χ0v) is 10.5. The maximum atomic E-state index is 12.0. The molecule has 1 saturated heterocycles. The summed E-state index contributed by atoms with van der Waals surface area (Å²) in [4.78, 5) is 35.2. The number of rotatable bonds is 4. The molecule has 5 heteroatoms. The van der Waals surface area contributed by atoms with Gasteiger partial charge in [0.1, 0.15) is 6.54 Å². The normalized spacial score (nSPS) is 23.0. The van der Waals surface area contributed by atoms with Crippen molar-refractivity contribution in [2.24, 2.45) is 5.92 Å². The van der Waals surface area contributed by atoms with Crippen LogP contribution >= 0.6 is 11.8 Å². The second kappa shape index (κ2) is 6.15. The maximum absolute atomic E-state index is 12.0. The van der Waals surface area contributed by atoms with E-state index in [9.17, 15) is 14.4 Å². The van der Waals surface area contributed by atoms with Gasteiger partial charge >= 0.3 is 5.91 Å². The Morgan fingerprint density at radius 3 is 2.81 bits per heavy atom. The van der Waals surface area contributed by atoms with Crippen LogP contribution in [-0.4, -0.2) is 35.6 Å². The minimum atomic E-state index is -0.253.